The first-order valence-electron chi connectivity index (χ1n) is 6.64. The Bertz CT molecular complexity index is 378. The predicted octanol–water partition coefficient (Wildman–Crippen LogP) is 2.51. The molecule has 1 aromatic heterocycles. The first kappa shape index (κ1) is 14.7. The van der Waals surface area contributed by atoms with Crippen LogP contribution < -0.4 is 16.2 Å². The van der Waals surface area contributed by atoms with E-state index in [-0.39, 0.29) is 0 Å². The van der Waals surface area contributed by atoms with Gasteiger partial charge in [-0.3, -0.25) is 0 Å². The topological polar surface area (TPSA) is 67.1 Å². The molecule has 0 fully saturated rings. The average Bonchev–Trinajstić information content (AvgIpc) is 2.38. The molecule has 1 heterocycles. The van der Waals surface area contributed by atoms with Crippen molar-refractivity contribution in [2.45, 2.75) is 53.0 Å². The Morgan fingerprint density at radius 1 is 1.28 bits per heavy atom. The molecule has 0 spiro atoms. The van der Waals surface area contributed by atoms with Crippen molar-refractivity contribution in [1.29, 1.82) is 0 Å². The molecule has 0 radical (unpaired) electrons. The van der Waals surface area contributed by atoms with E-state index in [1.807, 2.05) is 0 Å². The zero-order chi connectivity index (χ0) is 13.7. The van der Waals surface area contributed by atoms with E-state index in [4.69, 9.17) is 5.84 Å². The highest BCUT2D eigenvalue weighted by Gasteiger charge is 2.21. The molecule has 0 saturated heterocycles. The lowest BCUT2D eigenvalue weighted by Crippen LogP contribution is -2.34. The Hall–Kier alpha value is -1.36. The van der Waals surface area contributed by atoms with Crippen LogP contribution in [0.1, 0.15) is 52.5 Å². The van der Waals surface area contributed by atoms with Gasteiger partial charge in [-0.1, -0.05) is 20.8 Å². The predicted molar refractivity (Wildman–Crippen MR) is 76.7 cm³/mol. The Morgan fingerprint density at radius 3 is 2.39 bits per heavy atom. The van der Waals surface area contributed by atoms with Crippen LogP contribution in [0.2, 0.25) is 0 Å². The third kappa shape index (κ3) is 2.90. The minimum absolute atomic E-state index is 0.324. The molecule has 0 aliphatic heterocycles. The number of nitrogens with zero attached hydrogens (tertiary/aromatic N) is 3. The summed E-state index contributed by atoms with van der Waals surface area (Å²) in [6.07, 6.45) is 2.65. The molecule has 0 bridgehead atoms. The number of anilines is 2. The summed E-state index contributed by atoms with van der Waals surface area (Å²) in [5.74, 6) is 7.58. The summed E-state index contributed by atoms with van der Waals surface area (Å²) >= 11 is 0. The molecule has 1 aromatic rings. The summed E-state index contributed by atoms with van der Waals surface area (Å²) in [6.45, 7) is 11.7. The van der Waals surface area contributed by atoms with Gasteiger partial charge >= 0.3 is 0 Å². The van der Waals surface area contributed by atoms with Crippen LogP contribution in [0.4, 0.5) is 11.6 Å². The van der Waals surface area contributed by atoms with Crippen LogP contribution in [0, 0.1) is 0 Å². The first-order valence-corrected chi connectivity index (χ1v) is 6.64. The number of nitrogen functional groups attached to an aromatic ring is 1. The van der Waals surface area contributed by atoms with Gasteiger partial charge in [0.1, 0.15) is 18.0 Å². The molecular formula is C13H25N5. The van der Waals surface area contributed by atoms with Gasteiger partial charge in [0.25, 0.3) is 0 Å². The number of nitrogens with two attached hydrogens (primary N) is 1. The summed E-state index contributed by atoms with van der Waals surface area (Å²) in [5.41, 5.74) is 3.76. The summed E-state index contributed by atoms with van der Waals surface area (Å²) < 4.78 is 0. The molecule has 0 aliphatic rings. The van der Waals surface area contributed by atoms with Gasteiger partial charge < -0.3 is 10.3 Å². The maximum absolute atomic E-state index is 5.55. The first-order chi connectivity index (χ1) is 8.56. The molecule has 1 unspecified atom stereocenters. The molecule has 0 amide bonds. The molecule has 1 atom stereocenters. The van der Waals surface area contributed by atoms with Crippen LogP contribution >= 0.6 is 0 Å². The Labute approximate surface area is 110 Å². The van der Waals surface area contributed by atoms with Gasteiger partial charge in [0, 0.05) is 18.2 Å². The maximum Gasteiger partial charge on any atom is 0.148 e. The largest absolute Gasteiger partial charge is 0.354 e. The molecule has 0 saturated carbocycles. The fourth-order valence-electron chi connectivity index (χ4n) is 2.15. The molecule has 102 valence electrons. The quantitative estimate of drug-likeness (QED) is 0.600. The summed E-state index contributed by atoms with van der Waals surface area (Å²) in [6, 6.07) is 0.452. The SMILES string of the molecule is CCC(C)N(CC)c1ncnc(NN)c1C(C)C. The van der Waals surface area contributed by atoms with Crippen LogP contribution in [0.5, 0.6) is 0 Å². The highest BCUT2D eigenvalue weighted by atomic mass is 15.3. The number of hydrogen-bond acceptors (Lipinski definition) is 5. The van der Waals surface area contributed by atoms with Gasteiger partial charge in [-0.25, -0.2) is 15.8 Å². The van der Waals surface area contributed by atoms with E-state index in [9.17, 15) is 0 Å². The van der Waals surface area contributed by atoms with E-state index in [0.29, 0.717) is 12.0 Å². The van der Waals surface area contributed by atoms with Gasteiger partial charge in [0.05, 0.1) is 0 Å². The third-order valence-electron chi connectivity index (χ3n) is 3.31. The number of hydrazine groups is 1. The van der Waals surface area contributed by atoms with Gasteiger partial charge in [-0.15, -0.1) is 0 Å². The van der Waals surface area contributed by atoms with Crippen molar-refractivity contribution in [1.82, 2.24) is 9.97 Å². The second-order valence-electron chi connectivity index (χ2n) is 4.80. The highest BCUT2D eigenvalue weighted by Crippen LogP contribution is 2.31. The minimum atomic E-state index is 0.324. The minimum Gasteiger partial charge on any atom is -0.354 e. The lowest BCUT2D eigenvalue weighted by atomic mass is 10.0. The second kappa shape index (κ2) is 6.54. The van der Waals surface area contributed by atoms with E-state index in [1.165, 1.54) is 0 Å². The molecule has 0 aliphatic carbocycles. The summed E-state index contributed by atoms with van der Waals surface area (Å²) in [4.78, 5) is 11.0. The third-order valence-corrected chi connectivity index (χ3v) is 3.31. The number of aromatic nitrogens is 2. The van der Waals surface area contributed by atoms with E-state index >= 15 is 0 Å². The molecule has 1 rings (SSSR count). The Morgan fingerprint density at radius 2 is 1.94 bits per heavy atom. The summed E-state index contributed by atoms with van der Waals surface area (Å²) in [5, 5.41) is 0. The lowest BCUT2D eigenvalue weighted by molar-refractivity contribution is 0.616. The molecule has 5 nitrogen and oxygen atoms in total. The van der Waals surface area contributed by atoms with Crippen molar-refractivity contribution in [2.24, 2.45) is 5.84 Å². The molecule has 0 aromatic carbocycles. The van der Waals surface area contributed by atoms with Crippen molar-refractivity contribution in [3.63, 3.8) is 0 Å². The fourth-order valence-corrected chi connectivity index (χ4v) is 2.15. The van der Waals surface area contributed by atoms with Crippen LogP contribution in [0.15, 0.2) is 6.33 Å². The van der Waals surface area contributed by atoms with Gasteiger partial charge in [0.2, 0.25) is 0 Å². The van der Waals surface area contributed by atoms with Gasteiger partial charge in [-0.05, 0) is 26.2 Å². The molecule has 5 heteroatoms. The van der Waals surface area contributed by atoms with Crippen LogP contribution in [0.25, 0.3) is 0 Å². The van der Waals surface area contributed by atoms with Crippen molar-refractivity contribution in [3.8, 4) is 0 Å². The normalized spacial score (nSPS) is 12.6. The van der Waals surface area contributed by atoms with Crippen molar-refractivity contribution < 1.29 is 0 Å². The number of hydrogen-bond donors (Lipinski definition) is 2. The number of nitrogens with one attached hydrogen (secondary N) is 1. The molecule has 18 heavy (non-hydrogen) atoms. The fraction of sp³-hybridized carbons (Fsp3) is 0.692. The molecular weight excluding hydrogens is 226 g/mol. The second-order valence-corrected chi connectivity index (χ2v) is 4.80. The Kier molecular flexibility index (Phi) is 5.34. The van der Waals surface area contributed by atoms with Crippen LogP contribution in [0.3, 0.4) is 0 Å². The smallest absolute Gasteiger partial charge is 0.148 e. The van der Waals surface area contributed by atoms with Gasteiger partial charge in [-0.2, -0.15) is 0 Å². The molecule has 3 N–H and O–H groups in total. The van der Waals surface area contributed by atoms with Crippen molar-refractivity contribution in [2.75, 3.05) is 16.9 Å². The monoisotopic (exact) mass is 251 g/mol. The zero-order valence-corrected chi connectivity index (χ0v) is 12.1. The van der Waals surface area contributed by atoms with E-state index in [0.717, 1.165) is 30.2 Å². The van der Waals surface area contributed by atoms with Crippen LogP contribution in [-0.2, 0) is 0 Å². The van der Waals surface area contributed by atoms with Crippen molar-refractivity contribution >= 4 is 11.6 Å². The Balaban J connectivity index is 3.29. The highest BCUT2D eigenvalue weighted by molar-refractivity contribution is 5.60. The van der Waals surface area contributed by atoms with Crippen molar-refractivity contribution in [3.05, 3.63) is 11.9 Å². The lowest BCUT2D eigenvalue weighted by Gasteiger charge is -2.31. The zero-order valence-electron chi connectivity index (χ0n) is 12.1. The van der Waals surface area contributed by atoms with E-state index in [1.54, 1.807) is 6.33 Å². The maximum atomic E-state index is 5.55. The summed E-state index contributed by atoms with van der Waals surface area (Å²) in [7, 11) is 0. The van der Waals surface area contributed by atoms with E-state index < -0.39 is 0 Å². The number of rotatable bonds is 6. The standard InChI is InChI=1S/C13H25N5/c1-6-10(5)18(7-2)13-11(9(3)4)12(17-14)15-8-16-13/h8-10H,6-7,14H2,1-5H3,(H,15,16,17). The van der Waals surface area contributed by atoms with E-state index in [2.05, 4.69) is 54.9 Å². The van der Waals surface area contributed by atoms with Gasteiger partial charge in [0.15, 0.2) is 0 Å². The van der Waals surface area contributed by atoms with Crippen LogP contribution in [-0.4, -0.2) is 22.6 Å². The average molecular weight is 251 g/mol.